The van der Waals surface area contributed by atoms with Gasteiger partial charge in [-0.05, 0) is 61.3 Å². The van der Waals surface area contributed by atoms with Crippen LogP contribution < -0.4 is 10.5 Å². The molecule has 0 spiro atoms. The molecule has 1 aromatic rings. The molecule has 0 atom stereocenters. The lowest BCUT2D eigenvalue weighted by molar-refractivity contribution is 0.406. The number of rotatable bonds is 3. The van der Waals surface area contributed by atoms with Gasteiger partial charge in [-0.15, -0.1) is 0 Å². The molecular weight excluding hydrogens is 198 g/mol. The minimum atomic E-state index is 0.0744. The molecule has 16 heavy (non-hydrogen) atoms. The molecule has 0 saturated heterocycles. The van der Waals surface area contributed by atoms with E-state index in [9.17, 15) is 0 Å². The summed E-state index contributed by atoms with van der Waals surface area (Å²) in [7, 11) is 1.76. The normalized spacial score (nSPS) is 20.6. The van der Waals surface area contributed by atoms with Crippen LogP contribution in [0.3, 0.4) is 0 Å². The fraction of sp³-hybridized carbons (Fsp3) is 0.571. The Morgan fingerprint density at radius 2 is 2.12 bits per heavy atom. The molecule has 2 N–H and O–H groups in total. The van der Waals surface area contributed by atoms with Gasteiger partial charge in [0.25, 0.3) is 0 Å². The summed E-state index contributed by atoms with van der Waals surface area (Å²) in [5.41, 5.74) is 10.7. The molecular formula is C14H19NO. The first-order valence-corrected chi connectivity index (χ1v) is 6.18. The van der Waals surface area contributed by atoms with Gasteiger partial charge in [-0.2, -0.15) is 0 Å². The number of benzene rings is 1. The summed E-state index contributed by atoms with van der Waals surface area (Å²) in [5, 5.41) is 0. The molecule has 2 aliphatic rings. The number of aryl methyl sites for hydroxylation is 1. The molecule has 2 nitrogen and oxygen atoms in total. The van der Waals surface area contributed by atoms with Crippen molar-refractivity contribution < 1.29 is 4.74 Å². The van der Waals surface area contributed by atoms with Crippen LogP contribution in [0.15, 0.2) is 12.1 Å². The van der Waals surface area contributed by atoms with Gasteiger partial charge in [0.15, 0.2) is 0 Å². The Bertz CT molecular complexity index is 421. The molecule has 2 aliphatic carbocycles. The van der Waals surface area contributed by atoms with Crippen molar-refractivity contribution in [1.29, 1.82) is 0 Å². The van der Waals surface area contributed by atoms with Gasteiger partial charge in [0.1, 0.15) is 5.75 Å². The van der Waals surface area contributed by atoms with Crippen molar-refractivity contribution in [3.8, 4) is 5.75 Å². The second kappa shape index (κ2) is 3.49. The third-order valence-corrected chi connectivity index (χ3v) is 4.00. The molecule has 0 aliphatic heterocycles. The van der Waals surface area contributed by atoms with E-state index in [0.29, 0.717) is 0 Å². The van der Waals surface area contributed by atoms with Crippen LogP contribution >= 0.6 is 0 Å². The largest absolute Gasteiger partial charge is 0.496 e. The molecule has 0 heterocycles. The van der Waals surface area contributed by atoms with Crippen LogP contribution in [-0.2, 0) is 19.3 Å². The van der Waals surface area contributed by atoms with Gasteiger partial charge in [0.05, 0.1) is 7.11 Å². The number of hydrogen-bond donors (Lipinski definition) is 1. The Labute approximate surface area is 96.8 Å². The van der Waals surface area contributed by atoms with E-state index in [1.165, 1.54) is 48.8 Å². The highest BCUT2D eigenvalue weighted by atomic mass is 16.5. The summed E-state index contributed by atoms with van der Waals surface area (Å²) in [4.78, 5) is 0. The van der Waals surface area contributed by atoms with Crippen LogP contribution in [0.4, 0.5) is 0 Å². The maximum atomic E-state index is 6.24. The Balaban J connectivity index is 2.02. The monoisotopic (exact) mass is 217 g/mol. The molecule has 2 heteroatoms. The molecule has 1 aromatic carbocycles. The molecule has 1 fully saturated rings. The number of methoxy groups -OCH3 is 1. The molecule has 86 valence electrons. The molecule has 1 saturated carbocycles. The Kier molecular flexibility index (Phi) is 2.21. The second-order valence-electron chi connectivity index (χ2n) is 5.28. The zero-order valence-corrected chi connectivity index (χ0v) is 9.88. The van der Waals surface area contributed by atoms with Crippen molar-refractivity contribution in [2.45, 2.75) is 44.1 Å². The standard InChI is InChI=1S/C14H19NO/c1-16-13-6-5-10-3-2-4-11(10)12(13)9-14(15)7-8-14/h5-6H,2-4,7-9,15H2,1H3. The van der Waals surface area contributed by atoms with E-state index in [-0.39, 0.29) is 5.54 Å². The molecule has 3 rings (SSSR count). The van der Waals surface area contributed by atoms with Crippen molar-refractivity contribution in [3.63, 3.8) is 0 Å². The van der Waals surface area contributed by atoms with Gasteiger partial charge < -0.3 is 10.5 Å². The average Bonchev–Trinajstić information content (AvgIpc) is 2.82. The van der Waals surface area contributed by atoms with Gasteiger partial charge in [-0.3, -0.25) is 0 Å². The molecule has 0 amide bonds. The van der Waals surface area contributed by atoms with Gasteiger partial charge in [0.2, 0.25) is 0 Å². The van der Waals surface area contributed by atoms with Crippen molar-refractivity contribution in [2.75, 3.05) is 7.11 Å². The maximum absolute atomic E-state index is 6.24. The van der Waals surface area contributed by atoms with E-state index in [2.05, 4.69) is 12.1 Å². The van der Waals surface area contributed by atoms with Crippen LogP contribution in [0.1, 0.15) is 36.0 Å². The Hall–Kier alpha value is -1.02. The van der Waals surface area contributed by atoms with E-state index in [4.69, 9.17) is 10.5 Å². The SMILES string of the molecule is COc1ccc2c(c1CC1(N)CC1)CCC2. The Morgan fingerprint density at radius 1 is 1.31 bits per heavy atom. The maximum Gasteiger partial charge on any atom is 0.122 e. The first-order chi connectivity index (χ1) is 7.72. The summed E-state index contributed by atoms with van der Waals surface area (Å²) < 4.78 is 5.49. The predicted molar refractivity (Wildman–Crippen MR) is 64.9 cm³/mol. The first-order valence-electron chi connectivity index (χ1n) is 6.18. The van der Waals surface area contributed by atoms with Crippen LogP contribution in [0.2, 0.25) is 0 Å². The predicted octanol–water partition coefficient (Wildman–Crippen LogP) is 2.22. The first kappa shape index (κ1) is 10.2. The van der Waals surface area contributed by atoms with Gasteiger partial charge in [0, 0.05) is 5.54 Å². The second-order valence-corrected chi connectivity index (χ2v) is 5.28. The number of ether oxygens (including phenoxy) is 1. The number of fused-ring (bicyclic) bond motifs is 1. The van der Waals surface area contributed by atoms with E-state index < -0.39 is 0 Å². The van der Waals surface area contributed by atoms with Crippen LogP contribution in [-0.4, -0.2) is 12.6 Å². The average molecular weight is 217 g/mol. The summed E-state index contributed by atoms with van der Waals surface area (Å²) in [6.45, 7) is 0. The minimum absolute atomic E-state index is 0.0744. The van der Waals surface area contributed by atoms with Crippen LogP contribution in [0.5, 0.6) is 5.75 Å². The molecule has 0 aromatic heterocycles. The summed E-state index contributed by atoms with van der Waals surface area (Å²) >= 11 is 0. The fourth-order valence-corrected chi connectivity index (χ4v) is 2.80. The molecule has 0 unspecified atom stereocenters. The lowest BCUT2D eigenvalue weighted by atomic mass is 9.95. The van der Waals surface area contributed by atoms with Gasteiger partial charge >= 0.3 is 0 Å². The molecule has 0 radical (unpaired) electrons. The van der Waals surface area contributed by atoms with Crippen LogP contribution in [0, 0.1) is 0 Å². The van der Waals surface area contributed by atoms with E-state index in [1.54, 1.807) is 7.11 Å². The van der Waals surface area contributed by atoms with E-state index in [1.807, 2.05) is 0 Å². The van der Waals surface area contributed by atoms with Crippen molar-refractivity contribution in [1.82, 2.24) is 0 Å². The third kappa shape index (κ3) is 1.61. The van der Waals surface area contributed by atoms with Gasteiger partial charge in [-0.1, -0.05) is 6.07 Å². The summed E-state index contributed by atoms with van der Waals surface area (Å²) in [6.07, 6.45) is 7.05. The highest BCUT2D eigenvalue weighted by molar-refractivity contribution is 5.48. The van der Waals surface area contributed by atoms with Gasteiger partial charge in [-0.25, -0.2) is 0 Å². The van der Waals surface area contributed by atoms with E-state index >= 15 is 0 Å². The lowest BCUT2D eigenvalue weighted by Crippen LogP contribution is -2.25. The number of nitrogens with two attached hydrogens (primary N) is 1. The van der Waals surface area contributed by atoms with Crippen molar-refractivity contribution in [2.24, 2.45) is 5.73 Å². The topological polar surface area (TPSA) is 35.2 Å². The molecule has 0 bridgehead atoms. The summed E-state index contributed by atoms with van der Waals surface area (Å²) in [5.74, 6) is 1.04. The fourth-order valence-electron chi connectivity index (χ4n) is 2.80. The Morgan fingerprint density at radius 3 is 2.81 bits per heavy atom. The lowest BCUT2D eigenvalue weighted by Gasteiger charge is -2.16. The zero-order valence-electron chi connectivity index (χ0n) is 9.88. The highest BCUT2D eigenvalue weighted by Gasteiger charge is 2.39. The highest BCUT2D eigenvalue weighted by Crippen LogP contribution is 2.41. The zero-order chi connectivity index (χ0) is 11.2. The summed E-state index contributed by atoms with van der Waals surface area (Å²) in [6, 6.07) is 4.34. The van der Waals surface area contributed by atoms with Crippen molar-refractivity contribution in [3.05, 3.63) is 28.8 Å². The third-order valence-electron chi connectivity index (χ3n) is 4.00. The quantitative estimate of drug-likeness (QED) is 0.842. The van der Waals surface area contributed by atoms with Crippen LogP contribution in [0.25, 0.3) is 0 Å². The smallest absolute Gasteiger partial charge is 0.122 e. The van der Waals surface area contributed by atoms with Crippen molar-refractivity contribution >= 4 is 0 Å². The number of hydrogen-bond acceptors (Lipinski definition) is 2. The van der Waals surface area contributed by atoms with E-state index in [0.717, 1.165) is 12.2 Å². The minimum Gasteiger partial charge on any atom is -0.496 e.